The summed E-state index contributed by atoms with van der Waals surface area (Å²) in [6.07, 6.45) is 3.05. The third kappa shape index (κ3) is 2.03. The van der Waals surface area contributed by atoms with E-state index in [1.54, 1.807) is 13.3 Å². The van der Waals surface area contributed by atoms with Crippen molar-refractivity contribution in [1.29, 1.82) is 0 Å². The molecule has 0 atom stereocenters. The number of nitrogens with one attached hydrogen (secondary N) is 2. The highest BCUT2D eigenvalue weighted by molar-refractivity contribution is 5.81. The molecule has 2 rings (SSSR count). The Bertz CT molecular complexity index is 554. The molecule has 0 radical (unpaired) electrons. The molecule has 0 amide bonds. The van der Waals surface area contributed by atoms with Gasteiger partial charge in [0.15, 0.2) is 0 Å². The summed E-state index contributed by atoms with van der Waals surface area (Å²) in [6, 6.07) is 7.35. The van der Waals surface area contributed by atoms with Crippen molar-refractivity contribution >= 4 is 11.9 Å². The molecule has 5 heteroatoms. The molecule has 0 saturated heterocycles. The summed E-state index contributed by atoms with van der Waals surface area (Å²) in [6.45, 7) is 0. The van der Waals surface area contributed by atoms with Gasteiger partial charge in [-0.05, 0) is 12.1 Å². The fourth-order valence-electron chi connectivity index (χ4n) is 1.29. The molecule has 5 nitrogen and oxygen atoms in total. The van der Waals surface area contributed by atoms with Crippen LogP contribution in [-0.2, 0) is 0 Å². The Morgan fingerprint density at radius 1 is 1.38 bits per heavy atom. The number of ether oxygens (including phenoxy) is 1. The zero-order chi connectivity index (χ0) is 11.4. The SMILES string of the molecule is COc1ccccc1N=Cc1c[nH][nH]c1=O. The average molecular weight is 217 g/mol. The molecule has 0 unspecified atom stereocenters. The second-order valence-electron chi connectivity index (χ2n) is 3.13. The van der Waals surface area contributed by atoms with Gasteiger partial charge in [-0.2, -0.15) is 0 Å². The second-order valence-corrected chi connectivity index (χ2v) is 3.13. The maximum Gasteiger partial charge on any atom is 0.272 e. The quantitative estimate of drug-likeness (QED) is 0.764. The number of hydrogen-bond acceptors (Lipinski definition) is 3. The maximum atomic E-state index is 11.2. The van der Waals surface area contributed by atoms with Gasteiger partial charge in [-0.3, -0.25) is 14.9 Å². The van der Waals surface area contributed by atoms with Crippen molar-refractivity contribution in [3.8, 4) is 5.75 Å². The molecule has 0 spiro atoms. The summed E-state index contributed by atoms with van der Waals surface area (Å²) >= 11 is 0. The summed E-state index contributed by atoms with van der Waals surface area (Å²) in [7, 11) is 1.58. The van der Waals surface area contributed by atoms with E-state index in [0.29, 0.717) is 17.0 Å². The summed E-state index contributed by atoms with van der Waals surface area (Å²) < 4.78 is 5.14. The number of aromatic nitrogens is 2. The minimum Gasteiger partial charge on any atom is -0.494 e. The molecule has 0 aliphatic rings. The third-order valence-electron chi connectivity index (χ3n) is 2.10. The van der Waals surface area contributed by atoms with Gasteiger partial charge in [-0.1, -0.05) is 12.1 Å². The Morgan fingerprint density at radius 2 is 2.19 bits per heavy atom. The van der Waals surface area contributed by atoms with Gasteiger partial charge < -0.3 is 9.84 Å². The lowest BCUT2D eigenvalue weighted by Gasteiger charge is -2.01. The van der Waals surface area contributed by atoms with Gasteiger partial charge in [0.1, 0.15) is 11.4 Å². The van der Waals surface area contributed by atoms with Crippen molar-refractivity contribution < 1.29 is 4.74 Å². The number of benzene rings is 1. The highest BCUT2D eigenvalue weighted by atomic mass is 16.5. The maximum absolute atomic E-state index is 11.2. The van der Waals surface area contributed by atoms with Crippen LogP contribution in [0.5, 0.6) is 5.75 Å². The molecule has 0 aliphatic heterocycles. The van der Waals surface area contributed by atoms with E-state index in [9.17, 15) is 4.79 Å². The van der Waals surface area contributed by atoms with E-state index in [4.69, 9.17) is 4.74 Å². The standard InChI is InChI=1S/C11H11N3O2/c1-16-10-5-3-2-4-9(10)12-6-8-7-13-14-11(8)15/h2-7H,1H3,(H2,13,14,15). The molecule has 1 aromatic heterocycles. The van der Waals surface area contributed by atoms with Crippen LogP contribution < -0.4 is 10.3 Å². The smallest absolute Gasteiger partial charge is 0.272 e. The van der Waals surface area contributed by atoms with Crippen molar-refractivity contribution in [1.82, 2.24) is 10.2 Å². The Balaban J connectivity index is 2.30. The average Bonchev–Trinajstić information content (AvgIpc) is 2.72. The first-order valence-electron chi connectivity index (χ1n) is 4.74. The number of para-hydroxylation sites is 2. The summed E-state index contributed by atoms with van der Waals surface area (Å²) in [5.74, 6) is 0.672. The van der Waals surface area contributed by atoms with Crippen molar-refractivity contribution in [2.45, 2.75) is 0 Å². The highest BCUT2D eigenvalue weighted by Gasteiger charge is 1.99. The largest absolute Gasteiger partial charge is 0.494 e. The first kappa shape index (κ1) is 10.2. The number of aliphatic imine (C=N–C) groups is 1. The van der Waals surface area contributed by atoms with Gasteiger partial charge in [0.25, 0.3) is 5.56 Å². The lowest BCUT2D eigenvalue weighted by molar-refractivity contribution is 0.416. The van der Waals surface area contributed by atoms with Crippen LogP contribution in [0.25, 0.3) is 0 Å². The molecule has 16 heavy (non-hydrogen) atoms. The van der Waals surface area contributed by atoms with Crippen LogP contribution in [0.15, 0.2) is 40.2 Å². The Hall–Kier alpha value is -2.30. The van der Waals surface area contributed by atoms with Crippen LogP contribution in [0.1, 0.15) is 5.56 Å². The van der Waals surface area contributed by atoms with Gasteiger partial charge in [-0.15, -0.1) is 0 Å². The van der Waals surface area contributed by atoms with Gasteiger partial charge in [0, 0.05) is 12.4 Å². The van der Waals surface area contributed by atoms with Crippen molar-refractivity contribution in [3.05, 3.63) is 46.4 Å². The fourth-order valence-corrected chi connectivity index (χ4v) is 1.29. The van der Waals surface area contributed by atoms with E-state index in [2.05, 4.69) is 15.2 Å². The number of H-pyrrole nitrogens is 2. The van der Waals surface area contributed by atoms with Gasteiger partial charge in [0.2, 0.25) is 0 Å². The van der Waals surface area contributed by atoms with E-state index in [-0.39, 0.29) is 5.56 Å². The fraction of sp³-hybridized carbons (Fsp3) is 0.0909. The summed E-state index contributed by atoms with van der Waals surface area (Å²) in [4.78, 5) is 15.4. The van der Waals surface area contributed by atoms with Crippen LogP contribution in [0.3, 0.4) is 0 Å². The molecule has 2 aromatic rings. The molecule has 1 heterocycles. The van der Waals surface area contributed by atoms with E-state index in [1.807, 2.05) is 24.3 Å². The minimum atomic E-state index is -0.196. The van der Waals surface area contributed by atoms with Gasteiger partial charge in [-0.25, -0.2) is 0 Å². The lowest BCUT2D eigenvalue weighted by Crippen LogP contribution is -2.03. The number of aromatic amines is 2. The molecule has 2 N–H and O–H groups in total. The molecule has 0 fully saturated rings. The predicted molar refractivity (Wildman–Crippen MR) is 61.7 cm³/mol. The summed E-state index contributed by atoms with van der Waals surface area (Å²) in [5, 5.41) is 5.03. The third-order valence-corrected chi connectivity index (χ3v) is 2.10. The topological polar surface area (TPSA) is 70.2 Å². The normalized spacial score (nSPS) is 10.8. The first-order valence-corrected chi connectivity index (χ1v) is 4.74. The van der Waals surface area contributed by atoms with Crippen molar-refractivity contribution in [2.75, 3.05) is 7.11 Å². The molecule has 0 saturated carbocycles. The zero-order valence-corrected chi connectivity index (χ0v) is 8.73. The Labute approximate surface area is 91.8 Å². The summed E-state index contributed by atoms with van der Waals surface area (Å²) in [5.41, 5.74) is 0.968. The van der Waals surface area contributed by atoms with Gasteiger partial charge in [0.05, 0.1) is 12.7 Å². The van der Waals surface area contributed by atoms with Crippen LogP contribution in [0.4, 0.5) is 5.69 Å². The first-order chi connectivity index (χ1) is 7.81. The molecular formula is C11H11N3O2. The molecule has 82 valence electrons. The minimum absolute atomic E-state index is 0.196. The van der Waals surface area contributed by atoms with Gasteiger partial charge >= 0.3 is 0 Å². The molecule has 0 bridgehead atoms. The van der Waals surface area contributed by atoms with Crippen LogP contribution in [0.2, 0.25) is 0 Å². The number of hydrogen-bond donors (Lipinski definition) is 2. The van der Waals surface area contributed by atoms with E-state index in [0.717, 1.165) is 0 Å². The van der Waals surface area contributed by atoms with Crippen LogP contribution in [-0.4, -0.2) is 23.5 Å². The molecule has 0 aliphatic carbocycles. The molecule has 1 aromatic carbocycles. The van der Waals surface area contributed by atoms with Crippen LogP contribution in [0, 0.1) is 0 Å². The van der Waals surface area contributed by atoms with E-state index in [1.165, 1.54) is 6.21 Å². The molecular weight excluding hydrogens is 206 g/mol. The number of nitrogens with zero attached hydrogens (tertiary/aromatic N) is 1. The number of methoxy groups -OCH3 is 1. The van der Waals surface area contributed by atoms with E-state index >= 15 is 0 Å². The van der Waals surface area contributed by atoms with Crippen molar-refractivity contribution in [2.24, 2.45) is 4.99 Å². The van der Waals surface area contributed by atoms with Crippen molar-refractivity contribution in [3.63, 3.8) is 0 Å². The van der Waals surface area contributed by atoms with Crippen LogP contribution >= 0.6 is 0 Å². The predicted octanol–water partition coefficient (Wildman–Crippen LogP) is 1.46. The Morgan fingerprint density at radius 3 is 2.88 bits per heavy atom. The zero-order valence-electron chi connectivity index (χ0n) is 8.73. The lowest BCUT2D eigenvalue weighted by atomic mass is 10.3. The number of rotatable bonds is 3. The second kappa shape index (κ2) is 4.48. The monoisotopic (exact) mass is 217 g/mol. The Kier molecular flexibility index (Phi) is 2.86. The highest BCUT2D eigenvalue weighted by Crippen LogP contribution is 2.25. The van der Waals surface area contributed by atoms with E-state index < -0.39 is 0 Å².